The van der Waals surface area contributed by atoms with Gasteiger partial charge in [0.1, 0.15) is 0 Å². The summed E-state index contributed by atoms with van der Waals surface area (Å²) in [5.41, 5.74) is 2.07. The van der Waals surface area contributed by atoms with Crippen LogP contribution in [0.5, 0.6) is 0 Å². The lowest BCUT2D eigenvalue weighted by atomic mass is 10.1. The number of pyridine rings is 1. The fourth-order valence-electron chi connectivity index (χ4n) is 1.72. The topological polar surface area (TPSA) is 28.7 Å². The SMILES string of the molecule is Sc1c[nH]c2c1ccc1cccnc12. The fourth-order valence-corrected chi connectivity index (χ4v) is 1.97. The molecule has 0 spiro atoms. The van der Waals surface area contributed by atoms with E-state index in [4.69, 9.17) is 0 Å². The number of hydrogen-bond donors (Lipinski definition) is 2. The molecule has 3 heteroatoms. The fraction of sp³-hybridized carbons (Fsp3) is 0. The van der Waals surface area contributed by atoms with E-state index in [0.29, 0.717) is 0 Å². The third-order valence-electron chi connectivity index (χ3n) is 2.40. The number of thiol groups is 1. The number of H-pyrrole nitrogens is 1. The summed E-state index contributed by atoms with van der Waals surface area (Å²) < 4.78 is 0. The number of aromatic amines is 1. The molecule has 2 aromatic heterocycles. The Hall–Kier alpha value is -1.48. The first kappa shape index (κ1) is 7.88. The van der Waals surface area contributed by atoms with Gasteiger partial charge in [-0.2, -0.15) is 0 Å². The second-order valence-corrected chi connectivity index (χ2v) is 3.72. The number of benzene rings is 1. The van der Waals surface area contributed by atoms with E-state index in [-0.39, 0.29) is 0 Å². The number of hydrogen-bond acceptors (Lipinski definition) is 2. The van der Waals surface area contributed by atoms with E-state index >= 15 is 0 Å². The van der Waals surface area contributed by atoms with Gasteiger partial charge in [0.15, 0.2) is 0 Å². The third-order valence-corrected chi connectivity index (χ3v) is 2.77. The van der Waals surface area contributed by atoms with E-state index < -0.39 is 0 Å². The first-order valence-corrected chi connectivity index (χ1v) is 4.85. The average molecular weight is 200 g/mol. The van der Waals surface area contributed by atoms with Crippen LogP contribution in [0.3, 0.4) is 0 Å². The van der Waals surface area contributed by atoms with Gasteiger partial charge in [-0.3, -0.25) is 4.98 Å². The van der Waals surface area contributed by atoms with E-state index in [1.807, 2.05) is 12.3 Å². The van der Waals surface area contributed by atoms with Crippen molar-refractivity contribution in [2.45, 2.75) is 4.90 Å². The smallest absolute Gasteiger partial charge is 0.0943 e. The molecule has 0 aliphatic heterocycles. The van der Waals surface area contributed by atoms with Gasteiger partial charge in [-0.15, -0.1) is 12.6 Å². The molecule has 3 rings (SSSR count). The van der Waals surface area contributed by atoms with E-state index in [9.17, 15) is 0 Å². The highest BCUT2D eigenvalue weighted by Gasteiger charge is 2.04. The number of nitrogens with zero attached hydrogens (tertiary/aromatic N) is 1. The lowest BCUT2D eigenvalue weighted by Gasteiger charge is -1.97. The van der Waals surface area contributed by atoms with E-state index in [1.54, 1.807) is 6.20 Å². The summed E-state index contributed by atoms with van der Waals surface area (Å²) in [6, 6.07) is 8.13. The molecule has 1 N–H and O–H groups in total. The molecule has 0 fully saturated rings. The zero-order chi connectivity index (χ0) is 9.54. The molecule has 0 bridgehead atoms. The number of rotatable bonds is 0. The molecule has 3 aromatic rings. The Bertz CT molecular complexity index is 613. The second kappa shape index (κ2) is 2.75. The van der Waals surface area contributed by atoms with Crippen LogP contribution >= 0.6 is 12.6 Å². The number of nitrogens with one attached hydrogen (secondary N) is 1. The van der Waals surface area contributed by atoms with Gasteiger partial charge in [0, 0.05) is 28.1 Å². The predicted octanol–water partition coefficient (Wildman–Crippen LogP) is 3.00. The summed E-state index contributed by atoms with van der Waals surface area (Å²) in [5.74, 6) is 0. The lowest BCUT2D eigenvalue weighted by molar-refractivity contribution is 1.39. The third kappa shape index (κ3) is 0.960. The predicted molar refractivity (Wildman–Crippen MR) is 60.9 cm³/mol. The van der Waals surface area contributed by atoms with Gasteiger partial charge in [-0.05, 0) is 6.07 Å². The molecule has 0 saturated heterocycles. The van der Waals surface area contributed by atoms with Crippen molar-refractivity contribution in [2.24, 2.45) is 0 Å². The first-order chi connectivity index (χ1) is 6.86. The van der Waals surface area contributed by atoms with Crippen molar-refractivity contribution < 1.29 is 0 Å². The van der Waals surface area contributed by atoms with Crippen molar-refractivity contribution >= 4 is 34.4 Å². The van der Waals surface area contributed by atoms with E-state index in [0.717, 1.165) is 26.7 Å². The van der Waals surface area contributed by atoms with Crippen LogP contribution in [-0.4, -0.2) is 9.97 Å². The Morgan fingerprint density at radius 2 is 2.14 bits per heavy atom. The summed E-state index contributed by atoms with van der Waals surface area (Å²) in [6.45, 7) is 0. The molecular formula is C11H8N2S. The molecule has 0 atom stereocenters. The van der Waals surface area contributed by atoms with Crippen LogP contribution in [0.1, 0.15) is 0 Å². The van der Waals surface area contributed by atoms with Crippen molar-refractivity contribution in [1.29, 1.82) is 0 Å². The maximum absolute atomic E-state index is 4.37. The normalized spacial score (nSPS) is 11.2. The summed E-state index contributed by atoms with van der Waals surface area (Å²) in [7, 11) is 0. The quantitative estimate of drug-likeness (QED) is 0.536. The van der Waals surface area contributed by atoms with Crippen LogP contribution in [0.15, 0.2) is 41.6 Å². The Balaban J connectivity index is 2.61. The Kier molecular flexibility index (Phi) is 1.55. The zero-order valence-electron chi connectivity index (χ0n) is 7.36. The van der Waals surface area contributed by atoms with Gasteiger partial charge >= 0.3 is 0 Å². The summed E-state index contributed by atoms with van der Waals surface area (Å²) in [5, 5.41) is 2.27. The minimum absolute atomic E-state index is 0.965. The summed E-state index contributed by atoms with van der Waals surface area (Å²) in [4.78, 5) is 8.51. The molecule has 0 aliphatic rings. The summed E-state index contributed by atoms with van der Waals surface area (Å²) >= 11 is 4.37. The molecule has 14 heavy (non-hydrogen) atoms. The molecular weight excluding hydrogens is 192 g/mol. The minimum atomic E-state index is 0.965. The van der Waals surface area contributed by atoms with Crippen molar-refractivity contribution in [2.75, 3.05) is 0 Å². The average Bonchev–Trinajstić information content (AvgIpc) is 2.61. The molecule has 0 amide bonds. The van der Waals surface area contributed by atoms with Crippen LogP contribution in [0.25, 0.3) is 21.8 Å². The van der Waals surface area contributed by atoms with Crippen molar-refractivity contribution in [3.8, 4) is 0 Å². The molecule has 0 aliphatic carbocycles. The maximum Gasteiger partial charge on any atom is 0.0943 e. The standard InChI is InChI=1S/C11H8N2S/c14-9-6-13-11-8(9)4-3-7-2-1-5-12-10(7)11/h1-6,13-14H. The first-order valence-electron chi connectivity index (χ1n) is 4.40. The maximum atomic E-state index is 4.37. The summed E-state index contributed by atoms with van der Waals surface area (Å²) in [6.07, 6.45) is 3.70. The molecule has 68 valence electrons. The molecule has 0 unspecified atom stereocenters. The van der Waals surface area contributed by atoms with E-state index in [1.165, 1.54) is 0 Å². The van der Waals surface area contributed by atoms with Crippen LogP contribution in [0.2, 0.25) is 0 Å². The van der Waals surface area contributed by atoms with E-state index in [2.05, 4.69) is 40.8 Å². The largest absolute Gasteiger partial charge is 0.358 e. The zero-order valence-corrected chi connectivity index (χ0v) is 8.25. The lowest BCUT2D eigenvalue weighted by Crippen LogP contribution is -1.78. The van der Waals surface area contributed by atoms with Crippen LogP contribution in [0, 0.1) is 0 Å². The van der Waals surface area contributed by atoms with Gasteiger partial charge in [-0.1, -0.05) is 18.2 Å². The monoisotopic (exact) mass is 200 g/mol. The van der Waals surface area contributed by atoms with Gasteiger partial charge in [0.25, 0.3) is 0 Å². The molecule has 2 heterocycles. The number of aromatic nitrogens is 2. The Morgan fingerprint density at radius 1 is 1.21 bits per heavy atom. The van der Waals surface area contributed by atoms with Gasteiger partial charge in [0.05, 0.1) is 11.0 Å². The Morgan fingerprint density at radius 3 is 3.07 bits per heavy atom. The molecule has 1 aromatic carbocycles. The highest BCUT2D eigenvalue weighted by atomic mass is 32.1. The van der Waals surface area contributed by atoms with Crippen LogP contribution in [0.4, 0.5) is 0 Å². The van der Waals surface area contributed by atoms with Gasteiger partial charge < -0.3 is 4.98 Å². The highest BCUT2D eigenvalue weighted by molar-refractivity contribution is 7.80. The Labute approximate surface area is 86.4 Å². The van der Waals surface area contributed by atoms with Crippen LogP contribution < -0.4 is 0 Å². The van der Waals surface area contributed by atoms with Crippen molar-refractivity contribution in [1.82, 2.24) is 9.97 Å². The van der Waals surface area contributed by atoms with Crippen LogP contribution in [-0.2, 0) is 0 Å². The molecule has 0 saturated carbocycles. The van der Waals surface area contributed by atoms with Crippen molar-refractivity contribution in [3.05, 3.63) is 36.7 Å². The number of fused-ring (bicyclic) bond motifs is 3. The molecule has 0 radical (unpaired) electrons. The molecule has 2 nitrogen and oxygen atoms in total. The van der Waals surface area contributed by atoms with Gasteiger partial charge in [0.2, 0.25) is 0 Å². The van der Waals surface area contributed by atoms with Gasteiger partial charge in [-0.25, -0.2) is 0 Å². The second-order valence-electron chi connectivity index (χ2n) is 3.24. The minimum Gasteiger partial charge on any atom is -0.358 e. The highest BCUT2D eigenvalue weighted by Crippen LogP contribution is 2.26. The van der Waals surface area contributed by atoms with Crippen molar-refractivity contribution in [3.63, 3.8) is 0 Å².